The maximum absolute atomic E-state index is 13.6. The summed E-state index contributed by atoms with van der Waals surface area (Å²) in [6, 6.07) is 0. The molecule has 1 heterocycles. The largest absolute Gasteiger partial charge is 0.386 e. The van der Waals surface area contributed by atoms with Gasteiger partial charge in [0, 0.05) is 0 Å². The Bertz CT molecular complexity index is 381. The minimum absolute atomic E-state index is 0.480. The van der Waals surface area contributed by atoms with Gasteiger partial charge in [0.05, 0.1) is 6.61 Å². The van der Waals surface area contributed by atoms with Crippen molar-refractivity contribution < 1.29 is 41.1 Å². The molecule has 1 N–H and O–H groups in total. The average Bonchev–Trinajstić information content (AvgIpc) is 2.50. The van der Waals surface area contributed by atoms with E-state index in [-0.39, 0.29) is 0 Å². The van der Waals surface area contributed by atoms with Crippen molar-refractivity contribution in [1.29, 1.82) is 0 Å². The van der Waals surface area contributed by atoms with Gasteiger partial charge in [-0.05, 0) is 6.92 Å². The topological polar surface area (TPSA) is 108 Å². The Labute approximate surface area is 115 Å². The molecule has 1 rings (SSSR count). The van der Waals surface area contributed by atoms with Gasteiger partial charge in [0.15, 0.2) is 0 Å². The molecule has 0 aliphatic carbocycles. The second-order valence-corrected chi connectivity index (χ2v) is 7.08. The lowest BCUT2D eigenvalue weighted by Gasteiger charge is -2.18. The van der Waals surface area contributed by atoms with Crippen molar-refractivity contribution in [2.24, 2.45) is 0 Å². The van der Waals surface area contributed by atoms with Gasteiger partial charge in [-0.3, -0.25) is 9.13 Å². The normalized spacial score (nSPS) is 38.4. The van der Waals surface area contributed by atoms with Gasteiger partial charge in [0.2, 0.25) is 5.13 Å². The molecule has 0 aromatic rings. The minimum atomic E-state index is -3.22. The first-order valence-electron chi connectivity index (χ1n) is 4.88. The van der Waals surface area contributed by atoms with Crippen LogP contribution >= 0.6 is 36.8 Å². The van der Waals surface area contributed by atoms with E-state index < -0.39 is 55.2 Å². The molecule has 19 heavy (non-hydrogen) atoms. The molecule has 112 valence electrons. The van der Waals surface area contributed by atoms with Crippen molar-refractivity contribution in [2.45, 2.75) is 30.4 Å². The van der Waals surface area contributed by atoms with E-state index in [9.17, 15) is 23.2 Å². The quantitative estimate of drug-likeness (QED) is 0.544. The Hall–Kier alpha value is 0.580. The zero-order valence-corrected chi connectivity index (χ0v) is 13.1. The fourth-order valence-corrected chi connectivity index (χ4v) is 3.34. The summed E-state index contributed by atoms with van der Waals surface area (Å²) in [6.07, 6.45) is -3.90. The summed E-state index contributed by atoms with van der Waals surface area (Å²) in [7, 11) is -7.31. The number of aliphatic hydroxyl groups is 1. The number of halogens is 2. The second-order valence-electron chi connectivity index (χ2n) is 3.52. The number of hydrogen-bond acceptors (Lipinski definition) is 8. The Morgan fingerprint density at radius 1 is 1.53 bits per heavy atom. The van der Waals surface area contributed by atoms with Crippen LogP contribution in [0.25, 0.3) is 0 Å². The minimum Gasteiger partial charge on any atom is -0.386 e. The molecule has 13 heteroatoms. The Morgan fingerprint density at radius 2 is 2.16 bits per heavy atom. The molecule has 1 aliphatic rings. The highest BCUT2D eigenvalue weighted by atomic mass is 35.5. The Balaban J connectivity index is 2.40. The van der Waals surface area contributed by atoms with E-state index in [0.29, 0.717) is 0 Å². The van der Waals surface area contributed by atoms with Gasteiger partial charge in [-0.2, -0.15) is 0 Å². The zero-order chi connectivity index (χ0) is 14.6. The van der Waals surface area contributed by atoms with Crippen LogP contribution in [0.4, 0.5) is 4.39 Å². The first-order chi connectivity index (χ1) is 8.78. The fraction of sp³-hybridized carbons (Fsp3) is 1.00. The summed E-state index contributed by atoms with van der Waals surface area (Å²) in [4.78, 5) is 0. The number of hydrogen-bond donors (Lipinski definition) is 1. The number of aliphatic hydroxyl groups excluding tert-OH is 1. The van der Waals surface area contributed by atoms with Crippen molar-refractivity contribution in [2.75, 3.05) is 6.61 Å². The number of ether oxygens (including phenoxy) is 1. The van der Waals surface area contributed by atoms with Gasteiger partial charge in [-0.1, -0.05) is 11.6 Å². The maximum Gasteiger partial charge on any atom is 0.336 e. The summed E-state index contributed by atoms with van der Waals surface area (Å²) in [5, 5.41) is 7.03. The summed E-state index contributed by atoms with van der Waals surface area (Å²) in [5.41, 5.74) is 0. The van der Waals surface area contributed by atoms with Gasteiger partial charge in [-0.15, -0.1) is 0 Å². The SMILES string of the molecule is C[C@@H]1O[C@H](CO[PH](=O)O[PH](=O)OP=O)[C@@H](O)[C@]1(F)Cl. The molecule has 6 atom stereocenters. The third-order valence-corrected chi connectivity index (χ3v) is 5.47. The second kappa shape index (κ2) is 7.55. The van der Waals surface area contributed by atoms with Crippen LogP contribution in [0.2, 0.25) is 0 Å². The Kier molecular flexibility index (Phi) is 7.01. The van der Waals surface area contributed by atoms with Crippen LogP contribution in [0.3, 0.4) is 0 Å². The van der Waals surface area contributed by atoms with Crippen LogP contribution in [0.1, 0.15) is 6.92 Å². The molecule has 0 bridgehead atoms. The lowest BCUT2D eigenvalue weighted by Crippen LogP contribution is -2.38. The molecule has 0 spiro atoms. The molecule has 0 amide bonds. The summed E-state index contributed by atoms with van der Waals surface area (Å²) in [6.45, 7) is 0.835. The highest BCUT2D eigenvalue weighted by molar-refractivity contribution is 7.50. The summed E-state index contributed by atoms with van der Waals surface area (Å²) < 4.78 is 63.3. The highest BCUT2D eigenvalue weighted by Gasteiger charge is 2.54. The van der Waals surface area contributed by atoms with E-state index >= 15 is 0 Å². The molecule has 0 saturated carbocycles. The predicted molar refractivity (Wildman–Crippen MR) is 63.8 cm³/mol. The van der Waals surface area contributed by atoms with Crippen molar-refractivity contribution in [3.8, 4) is 0 Å². The number of rotatable bonds is 7. The number of alkyl halides is 2. The lowest BCUT2D eigenvalue weighted by molar-refractivity contribution is -0.0111. The molecule has 0 aromatic carbocycles. The standard InChI is InChI=1S/C6H11ClFO8P3/c1-3-6(7,8)5(9)4(14-3)2-13-18(11)16-19(12)15-17-10/h3-5,9,18-19H,2H2,1H3/t3-,4+,5+,6-/m0/s1. The van der Waals surface area contributed by atoms with Crippen molar-refractivity contribution in [3.63, 3.8) is 0 Å². The smallest absolute Gasteiger partial charge is 0.336 e. The molecule has 1 fully saturated rings. The first-order valence-corrected chi connectivity index (χ1v) is 8.44. The molecule has 1 aliphatic heterocycles. The van der Waals surface area contributed by atoms with E-state index in [4.69, 9.17) is 16.3 Å². The molecule has 1 saturated heterocycles. The third kappa shape index (κ3) is 4.81. The fourth-order valence-electron chi connectivity index (χ4n) is 1.34. The molecule has 2 unspecified atom stereocenters. The van der Waals surface area contributed by atoms with Crippen molar-refractivity contribution >= 4 is 36.8 Å². The van der Waals surface area contributed by atoms with Crippen LogP contribution in [-0.2, 0) is 31.6 Å². The molecule has 0 aromatic heterocycles. The zero-order valence-electron chi connectivity index (χ0n) is 9.45. The average molecular weight is 359 g/mol. The molecule has 0 radical (unpaired) electrons. The van der Waals surface area contributed by atoms with Crippen LogP contribution in [-0.4, -0.2) is 35.2 Å². The van der Waals surface area contributed by atoms with Crippen LogP contribution in [0.15, 0.2) is 0 Å². The van der Waals surface area contributed by atoms with Gasteiger partial charge < -0.3 is 14.4 Å². The monoisotopic (exact) mass is 358 g/mol. The van der Waals surface area contributed by atoms with E-state index in [1.807, 2.05) is 0 Å². The third-order valence-electron chi connectivity index (χ3n) is 2.31. The molecular formula is C6H11ClFO8P3. The lowest BCUT2D eigenvalue weighted by atomic mass is 10.1. The first kappa shape index (κ1) is 17.6. The van der Waals surface area contributed by atoms with Gasteiger partial charge in [0.25, 0.3) is 0 Å². The van der Waals surface area contributed by atoms with E-state index in [1.165, 1.54) is 6.92 Å². The van der Waals surface area contributed by atoms with E-state index in [2.05, 4.69) is 13.1 Å². The van der Waals surface area contributed by atoms with E-state index in [0.717, 1.165) is 0 Å². The van der Waals surface area contributed by atoms with Gasteiger partial charge in [-0.25, -0.2) is 17.6 Å². The van der Waals surface area contributed by atoms with Gasteiger partial charge in [0.1, 0.15) is 18.3 Å². The Morgan fingerprint density at radius 3 is 2.63 bits per heavy atom. The van der Waals surface area contributed by atoms with Crippen LogP contribution in [0.5, 0.6) is 0 Å². The van der Waals surface area contributed by atoms with Crippen LogP contribution < -0.4 is 0 Å². The maximum atomic E-state index is 13.6. The molecule has 8 nitrogen and oxygen atoms in total. The predicted octanol–water partition coefficient (Wildman–Crippen LogP) is 2.08. The van der Waals surface area contributed by atoms with Gasteiger partial charge >= 0.3 is 25.2 Å². The van der Waals surface area contributed by atoms with Crippen molar-refractivity contribution in [1.82, 2.24) is 0 Å². The van der Waals surface area contributed by atoms with E-state index in [1.54, 1.807) is 0 Å². The molecular weight excluding hydrogens is 347 g/mol. The summed E-state index contributed by atoms with van der Waals surface area (Å²) in [5.74, 6) is 0. The highest BCUT2D eigenvalue weighted by Crippen LogP contribution is 2.43. The summed E-state index contributed by atoms with van der Waals surface area (Å²) >= 11 is 5.41. The van der Waals surface area contributed by atoms with Crippen molar-refractivity contribution in [3.05, 3.63) is 0 Å². The van der Waals surface area contributed by atoms with Crippen LogP contribution in [0, 0.1) is 0 Å².